The fourth-order valence-corrected chi connectivity index (χ4v) is 4.61. The van der Waals surface area contributed by atoms with Gasteiger partial charge >= 0.3 is 6.03 Å². The zero-order valence-corrected chi connectivity index (χ0v) is 18.8. The van der Waals surface area contributed by atoms with Gasteiger partial charge in [0.05, 0.1) is 11.0 Å². The van der Waals surface area contributed by atoms with Crippen LogP contribution in [0.1, 0.15) is 12.0 Å². The number of piperidine rings is 1. The third-order valence-corrected chi connectivity index (χ3v) is 6.53. The molecule has 3 heterocycles. The smallest absolute Gasteiger partial charge is 0.319 e. The molecule has 0 radical (unpaired) electrons. The van der Waals surface area contributed by atoms with Crippen molar-refractivity contribution < 1.29 is 14.3 Å². The molecule has 0 spiro atoms. The molecule has 1 aliphatic heterocycles. The zero-order chi connectivity index (χ0) is 22.7. The lowest BCUT2D eigenvalue weighted by molar-refractivity contribution is 0.0312. The van der Waals surface area contributed by atoms with Crippen molar-refractivity contribution in [1.82, 2.24) is 19.8 Å². The molecule has 9 heteroatoms. The maximum atomic E-state index is 13.1. The number of hydrogen-bond acceptors (Lipinski definition) is 6. The quantitative estimate of drug-likeness (QED) is 0.608. The Labute approximate surface area is 190 Å². The van der Waals surface area contributed by atoms with Crippen molar-refractivity contribution in [2.24, 2.45) is 5.92 Å². The summed E-state index contributed by atoms with van der Waals surface area (Å²) in [6.07, 6.45) is 4.48. The molecule has 32 heavy (non-hydrogen) atoms. The second kappa shape index (κ2) is 9.62. The molecule has 2 aromatic heterocycles. The van der Waals surface area contributed by atoms with Crippen LogP contribution in [-0.4, -0.2) is 64.2 Å². The van der Waals surface area contributed by atoms with Gasteiger partial charge in [-0.05, 0) is 48.1 Å². The lowest BCUT2D eigenvalue weighted by Gasteiger charge is -2.37. The van der Waals surface area contributed by atoms with Crippen LogP contribution in [0.25, 0.3) is 10.4 Å². The summed E-state index contributed by atoms with van der Waals surface area (Å²) in [5.74, 6) is 0.515. The van der Waals surface area contributed by atoms with Crippen LogP contribution in [0, 0.1) is 11.7 Å². The van der Waals surface area contributed by atoms with Gasteiger partial charge in [0, 0.05) is 39.6 Å². The van der Waals surface area contributed by atoms with Crippen molar-refractivity contribution in [2.45, 2.75) is 18.9 Å². The molecule has 3 aromatic rings. The van der Waals surface area contributed by atoms with Crippen LogP contribution in [-0.2, 0) is 6.42 Å². The highest BCUT2D eigenvalue weighted by Gasteiger charge is 2.30. The number of nitrogens with zero attached hydrogens (tertiary/aromatic N) is 4. The van der Waals surface area contributed by atoms with Crippen molar-refractivity contribution in [1.29, 1.82) is 0 Å². The maximum absolute atomic E-state index is 13.1. The van der Waals surface area contributed by atoms with E-state index in [0.29, 0.717) is 30.5 Å². The Morgan fingerprint density at radius 3 is 2.66 bits per heavy atom. The van der Waals surface area contributed by atoms with Crippen LogP contribution in [0.3, 0.4) is 0 Å². The Hall–Kier alpha value is -3.04. The summed E-state index contributed by atoms with van der Waals surface area (Å²) in [4.78, 5) is 25.1. The van der Waals surface area contributed by atoms with Crippen LogP contribution in [0.5, 0.6) is 0 Å². The standard InChI is InChI=1S/C23H26FN5O2S/c1-28(2)23(31)29-10-9-17(19(30)14-29)11-15-3-8-21(25-12-15)27-22-26-13-20(32-22)16-4-6-18(24)7-5-16/h3-8,12-13,17,19,30H,9-11,14H2,1-2H3,(H,25,26,27)/t17-,19-/m0/s1. The van der Waals surface area contributed by atoms with E-state index in [0.717, 1.165) is 22.4 Å². The molecule has 1 saturated heterocycles. The summed E-state index contributed by atoms with van der Waals surface area (Å²) in [6.45, 7) is 1.00. The molecular formula is C23H26FN5O2S. The first-order valence-corrected chi connectivity index (χ1v) is 11.3. The zero-order valence-electron chi connectivity index (χ0n) is 18.0. The Bertz CT molecular complexity index is 1060. The monoisotopic (exact) mass is 455 g/mol. The van der Waals surface area contributed by atoms with Gasteiger partial charge in [-0.15, -0.1) is 0 Å². The molecule has 7 nitrogen and oxygen atoms in total. The minimum atomic E-state index is -0.550. The number of benzene rings is 1. The van der Waals surface area contributed by atoms with E-state index in [4.69, 9.17) is 0 Å². The lowest BCUT2D eigenvalue weighted by Crippen LogP contribution is -2.50. The lowest BCUT2D eigenvalue weighted by atomic mass is 9.88. The summed E-state index contributed by atoms with van der Waals surface area (Å²) in [5.41, 5.74) is 1.95. The van der Waals surface area contributed by atoms with Crippen LogP contribution in [0.2, 0.25) is 0 Å². The molecule has 2 amide bonds. The van der Waals surface area contributed by atoms with Gasteiger partial charge in [-0.2, -0.15) is 0 Å². The highest BCUT2D eigenvalue weighted by molar-refractivity contribution is 7.18. The van der Waals surface area contributed by atoms with Gasteiger partial charge in [0.15, 0.2) is 5.13 Å². The van der Waals surface area contributed by atoms with E-state index in [-0.39, 0.29) is 17.8 Å². The van der Waals surface area contributed by atoms with Crippen LogP contribution < -0.4 is 5.32 Å². The number of carbonyl (C=O) groups excluding carboxylic acids is 1. The van der Waals surface area contributed by atoms with E-state index in [2.05, 4.69) is 15.3 Å². The van der Waals surface area contributed by atoms with E-state index in [1.807, 2.05) is 12.1 Å². The molecule has 1 fully saturated rings. The molecule has 168 valence electrons. The SMILES string of the molecule is CN(C)C(=O)N1CC[C@@H](Cc2ccc(Nc3ncc(-c4ccc(F)cc4)s3)nc2)[C@@H](O)C1. The van der Waals surface area contributed by atoms with E-state index < -0.39 is 6.10 Å². The first-order chi connectivity index (χ1) is 15.4. The predicted octanol–water partition coefficient (Wildman–Crippen LogP) is 3.99. The predicted molar refractivity (Wildman–Crippen MR) is 124 cm³/mol. The van der Waals surface area contributed by atoms with Crippen molar-refractivity contribution >= 4 is 28.3 Å². The largest absolute Gasteiger partial charge is 0.391 e. The van der Waals surface area contributed by atoms with E-state index in [1.54, 1.807) is 43.5 Å². The summed E-state index contributed by atoms with van der Waals surface area (Å²) < 4.78 is 13.1. The van der Waals surface area contributed by atoms with Gasteiger partial charge in [-0.25, -0.2) is 19.2 Å². The Morgan fingerprint density at radius 1 is 1.22 bits per heavy atom. The number of β-amino-alcohol motifs (C(OH)–C–C–N with tert-alkyl or cyclic N) is 1. The van der Waals surface area contributed by atoms with Gasteiger partial charge < -0.3 is 20.2 Å². The van der Waals surface area contributed by atoms with E-state index >= 15 is 0 Å². The van der Waals surface area contributed by atoms with Crippen molar-refractivity contribution in [3.05, 3.63) is 60.2 Å². The molecule has 2 N–H and O–H groups in total. The minimum Gasteiger partial charge on any atom is -0.391 e. The molecule has 0 saturated carbocycles. The number of nitrogens with one attached hydrogen (secondary N) is 1. The average molecular weight is 456 g/mol. The molecule has 1 aliphatic rings. The average Bonchev–Trinajstić information content (AvgIpc) is 3.24. The second-order valence-corrected chi connectivity index (χ2v) is 9.19. The van der Waals surface area contributed by atoms with Gasteiger partial charge in [0.2, 0.25) is 0 Å². The number of anilines is 2. The summed E-state index contributed by atoms with van der Waals surface area (Å²) >= 11 is 1.47. The Morgan fingerprint density at radius 2 is 2.00 bits per heavy atom. The number of urea groups is 1. The van der Waals surface area contributed by atoms with Crippen molar-refractivity contribution in [2.75, 3.05) is 32.5 Å². The maximum Gasteiger partial charge on any atom is 0.319 e. The number of likely N-dealkylation sites (tertiary alicyclic amines) is 1. The number of hydrogen-bond donors (Lipinski definition) is 2. The number of carbonyl (C=O) groups is 1. The van der Waals surface area contributed by atoms with Crippen molar-refractivity contribution in [3.8, 4) is 10.4 Å². The topological polar surface area (TPSA) is 81.6 Å². The molecule has 0 unspecified atom stereocenters. The van der Waals surface area contributed by atoms with Crippen molar-refractivity contribution in [3.63, 3.8) is 0 Å². The van der Waals surface area contributed by atoms with Gasteiger partial charge in [-0.1, -0.05) is 29.5 Å². The van der Waals surface area contributed by atoms with E-state index in [1.165, 1.54) is 28.4 Å². The third-order valence-electron chi connectivity index (χ3n) is 5.57. The first kappa shape index (κ1) is 22.2. The number of amides is 2. The van der Waals surface area contributed by atoms with E-state index in [9.17, 15) is 14.3 Å². The summed E-state index contributed by atoms with van der Waals surface area (Å²) in [7, 11) is 3.44. The first-order valence-electron chi connectivity index (χ1n) is 10.5. The van der Waals surface area contributed by atoms with Crippen LogP contribution >= 0.6 is 11.3 Å². The molecule has 2 atom stereocenters. The highest BCUT2D eigenvalue weighted by atomic mass is 32.1. The third kappa shape index (κ3) is 5.23. The number of halogens is 1. The van der Waals surface area contributed by atoms with Gasteiger partial charge in [0.25, 0.3) is 0 Å². The number of pyridine rings is 1. The van der Waals surface area contributed by atoms with Crippen LogP contribution in [0.15, 0.2) is 48.8 Å². The summed E-state index contributed by atoms with van der Waals surface area (Å²) in [5, 5.41) is 14.4. The van der Waals surface area contributed by atoms with Crippen LogP contribution in [0.4, 0.5) is 20.1 Å². The molecule has 0 bridgehead atoms. The molecule has 0 aliphatic carbocycles. The molecule has 4 rings (SSSR count). The fraction of sp³-hybridized carbons (Fsp3) is 0.348. The molecule has 1 aromatic carbocycles. The number of thiazole rings is 1. The normalized spacial score (nSPS) is 18.4. The Kier molecular flexibility index (Phi) is 6.66. The van der Waals surface area contributed by atoms with Gasteiger partial charge in [0.1, 0.15) is 11.6 Å². The number of rotatable bonds is 5. The second-order valence-electron chi connectivity index (χ2n) is 8.16. The highest BCUT2D eigenvalue weighted by Crippen LogP contribution is 2.30. The van der Waals surface area contributed by atoms with Gasteiger partial charge in [-0.3, -0.25) is 0 Å². The fourth-order valence-electron chi connectivity index (χ4n) is 3.79. The molecular weight excluding hydrogens is 429 g/mol. The number of aromatic nitrogens is 2. The summed E-state index contributed by atoms with van der Waals surface area (Å²) in [6, 6.07) is 10.2. The number of aliphatic hydroxyl groups is 1. The minimum absolute atomic E-state index is 0.0654. The Balaban J connectivity index is 1.33. The number of aliphatic hydroxyl groups excluding tert-OH is 1.